The highest BCUT2D eigenvalue weighted by molar-refractivity contribution is 5.99. The number of carbonyl (C=O) groups excluding carboxylic acids is 2. The first-order valence-electron chi connectivity index (χ1n) is 15.9. The predicted octanol–water partition coefficient (Wildman–Crippen LogP) is 7.92. The highest BCUT2D eigenvalue weighted by Gasteiger charge is 2.22. The van der Waals surface area contributed by atoms with Crippen molar-refractivity contribution in [1.82, 2.24) is 10.6 Å². The van der Waals surface area contributed by atoms with Crippen molar-refractivity contribution in [2.24, 2.45) is 20.5 Å². The highest BCUT2D eigenvalue weighted by atomic mass is 16.5. The number of hydrogen-bond acceptors (Lipinski definition) is 10. The molecule has 50 heavy (non-hydrogen) atoms. The fourth-order valence-electron chi connectivity index (χ4n) is 5.11. The molecule has 2 N–H and O–H groups in total. The minimum absolute atomic E-state index is 0.0741. The van der Waals surface area contributed by atoms with Gasteiger partial charge in [-0.25, -0.2) is 0 Å². The molecule has 0 aliphatic carbocycles. The second-order valence-electron chi connectivity index (χ2n) is 11.0. The van der Waals surface area contributed by atoms with E-state index in [2.05, 4.69) is 44.2 Å². The molecule has 0 fully saturated rings. The molecule has 12 nitrogen and oxygen atoms in total. The third kappa shape index (κ3) is 8.98. The van der Waals surface area contributed by atoms with Gasteiger partial charge in [0.15, 0.2) is 0 Å². The smallest absolute Gasteiger partial charge is 0.255 e. The number of nitrogens with zero attached hydrogens (tertiary/aromatic N) is 4. The molecule has 4 aromatic carbocycles. The summed E-state index contributed by atoms with van der Waals surface area (Å²) in [6, 6.07) is 21.1. The molecule has 1 aliphatic rings. The molecule has 0 saturated carbocycles. The number of fused-ring (bicyclic) bond motifs is 2. The SMILES string of the molecule is C=CCc1cc(N=Nc2ccc(OC)cc2)cc2c1OCCOc1c(CC=C)cc(N=Nc3ccc(OC)cc3)cc1C(=O)NCCNC2=O. The zero-order valence-electron chi connectivity index (χ0n) is 28.0. The topological polar surface area (TPSA) is 145 Å². The van der Waals surface area contributed by atoms with Gasteiger partial charge in [-0.15, -0.1) is 13.2 Å². The molecule has 0 radical (unpaired) electrons. The summed E-state index contributed by atoms with van der Waals surface area (Å²) in [5, 5.41) is 23.2. The maximum atomic E-state index is 13.5. The Morgan fingerprint density at radius 1 is 0.620 bits per heavy atom. The van der Waals surface area contributed by atoms with Gasteiger partial charge >= 0.3 is 0 Å². The van der Waals surface area contributed by atoms with Crippen LogP contribution < -0.4 is 29.6 Å². The molecule has 0 unspecified atom stereocenters. The summed E-state index contributed by atoms with van der Waals surface area (Å²) >= 11 is 0. The van der Waals surface area contributed by atoms with E-state index in [1.165, 1.54) is 0 Å². The predicted molar refractivity (Wildman–Crippen MR) is 191 cm³/mol. The summed E-state index contributed by atoms with van der Waals surface area (Å²) in [6.45, 7) is 8.19. The average Bonchev–Trinajstić information content (AvgIpc) is 3.14. The first-order valence-corrected chi connectivity index (χ1v) is 15.9. The van der Waals surface area contributed by atoms with Gasteiger partial charge in [-0.1, -0.05) is 12.2 Å². The minimum Gasteiger partial charge on any atom is -0.497 e. The van der Waals surface area contributed by atoms with Gasteiger partial charge in [0.1, 0.15) is 36.2 Å². The summed E-state index contributed by atoms with van der Waals surface area (Å²) in [4.78, 5) is 27.0. The lowest BCUT2D eigenvalue weighted by atomic mass is 10.0. The van der Waals surface area contributed by atoms with Crippen LogP contribution in [0.4, 0.5) is 22.7 Å². The van der Waals surface area contributed by atoms with E-state index >= 15 is 0 Å². The van der Waals surface area contributed by atoms with Crippen LogP contribution in [-0.4, -0.2) is 52.3 Å². The van der Waals surface area contributed by atoms with Crippen LogP contribution in [0.2, 0.25) is 0 Å². The standard InChI is InChI=1S/C38H38N6O6/c1-5-7-25-21-29(43-41-27-9-13-31(47-3)14-10-27)23-33-35(25)49-19-20-50-36-26(8-6-2)22-30(44-42-28-11-15-32(48-4)16-12-28)24-34(36)38(46)40-18-17-39-37(33)45/h5-6,9-16,21-24H,1-2,7-8,17-20H2,3-4H3,(H,39,45)(H,40,46). The molecule has 0 spiro atoms. The number of ether oxygens (including phenoxy) is 4. The Hall–Kier alpha value is -6.30. The fraction of sp³-hybridized carbons (Fsp3) is 0.211. The Morgan fingerprint density at radius 3 is 1.36 bits per heavy atom. The first kappa shape index (κ1) is 35.0. The van der Waals surface area contributed by atoms with Gasteiger partial charge in [0.05, 0.1) is 48.1 Å². The lowest BCUT2D eigenvalue weighted by Gasteiger charge is -2.19. The number of azo groups is 2. The second kappa shape index (κ2) is 17.2. The molecule has 0 saturated heterocycles. The number of hydrogen-bond donors (Lipinski definition) is 2. The monoisotopic (exact) mass is 674 g/mol. The largest absolute Gasteiger partial charge is 0.497 e. The van der Waals surface area contributed by atoms with Gasteiger partial charge in [-0.2, -0.15) is 20.5 Å². The van der Waals surface area contributed by atoms with Crippen molar-refractivity contribution >= 4 is 34.6 Å². The Kier molecular flexibility index (Phi) is 12.0. The molecular formula is C38H38N6O6. The van der Waals surface area contributed by atoms with E-state index in [1.807, 2.05) is 12.1 Å². The maximum absolute atomic E-state index is 13.5. The molecule has 5 rings (SSSR count). The third-order valence-corrected chi connectivity index (χ3v) is 7.50. The molecule has 0 bridgehead atoms. The molecule has 1 heterocycles. The van der Waals surface area contributed by atoms with Gasteiger partial charge < -0.3 is 29.6 Å². The Bertz CT molecular complexity index is 1770. The van der Waals surface area contributed by atoms with E-state index in [9.17, 15) is 9.59 Å². The highest BCUT2D eigenvalue weighted by Crippen LogP contribution is 2.34. The normalized spacial score (nSPS) is 13.6. The summed E-state index contributed by atoms with van der Waals surface area (Å²) in [6.07, 6.45) is 4.28. The minimum atomic E-state index is -0.395. The Balaban J connectivity index is 1.43. The number of benzene rings is 4. The molecule has 1 aliphatic heterocycles. The molecule has 0 atom stereocenters. The number of nitrogens with one attached hydrogen (secondary N) is 2. The molecular weight excluding hydrogens is 636 g/mol. The van der Waals surface area contributed by atoms with E-state index in [0.29, 0.717) is 69.7 Å². The van der Waals surface area contributed by atoms with E-state index in [0.717, 1.165) is 0 Å². The fourth-order valence-corrected chi connectivity index (χ4v) is 5.11. The maximum Gasteiger partial charge on any atom is 0.255 e. The van der Waals surface area contributed by atoms with E-state index in [-0.39, 0.29) is 37.4 Å². The van der Waals surface area contributed by atoms with Crippen LogP contribution in [0.5, 0.6) is 23.0 Å². The van der Waals surface area contributed by atoms with Crippen LogP contribution >= 0.6 is 0 Å². The van der Waals surface area contributed by atoms with Gasteiger partial charge in [0.2, 0.25) is 0 Å². The summed E-state index contributed by atoms with van der Waals surface area (Å²) < 4.78 is 22.8. The average molecular weight is 675 g/mol. The van der Waals surface area contributed by atoms with Gasteiger partial charge in [-0.05, 0) is 85.6 Å². The number of amides is 2. The lowest BCUT2D eigenvalue weighted by Crippen LogP contribution is -2.35. The van der Waals surface area contributed by atoms with E-state index in [4.69, 9.17) is 18.9 Å². The van der Waals surface area contributed by atoms with Gasteiger partial charge in [-0.3, -0.25) is 9.59 Å². The molecule has 0 aromatic heterocycles. The molecule has 2 amide bonds. The second-order valence-corrected chi connectivity index (χ2v) is 11.0. The van der Waals surface area contributed by atoms with Gasteiger partial charge in [0, 0.05) is 24.2 Å². The van der Waals surface area contributed by atoms with E-state index < -0.39 is 11.8 Å². The number of allylic oxidation sites excluding steroid dienone is 2. The van der Waals surface area contributed by atoms with Crippen molar-refractivity contribution in [3.05, 3.63) is 120 Å². The van der Waals surface area contributed by atoms with Crippen molar-refractivity contribution < 1.29 is 28.5 Å². The van der Waals surface area contributed by atoms with Crippen molar-refractivity contribution in [3.8, 4) is 23.0 Å². The Labute approximate surface area is 290 Å². The third-order valence-electron chi connectivity index (χ3n) is 7.50. The van der Waals surface area contributed by atoms with Crippen molar-refractivity contribution in [2.75, 3.05) is 40.5 Å². The number of methoxy groups -OCH3 is 2. The van der Waals surface area contributed by atoms with Crippen LogP contribution in [0.15, 0.2) is 119 Å². The first-order chi connectivity index (χ1) is 24.4. The molecule has 12 heteroatoms. The van der Waals surface area contributed by atoms with Crippen LogP contribution in [0.1, 0.15) is 31.8 Å². The van der Waals surface area contributed by atoms with Crippen LogP contribution in [-0.2, 0) is 12.8 Å². The zero-order chi connectivity index (χ0) is 35.3. The summed E-state index contributed by atoms with van der Waals surface area (Å²) in [7, 11) is 3.18. The zero-order valence-corrected chi connectivity index (χ0v) is 28.0. The van der Waals surface area contributed by atoms with Crippen molar-refractivity contribution in [1.29, 1.82) is 0 Å². The summed E-state index contributed by atoms with van der Waals surface area (Å²) in [5.41, 5.74) is 4.12. The summed E-state index contributed by atoms with van der Waals surface area (Å²) in [5.74, 6) is 1.39. The number of carbonyl (C=O) groups is 2. The van der Waals surface area contributed by atoms with Crippen LogP contribution in [0.3, 0.4) is 0 Å². The Morgan fingerprint density at radius 2 is 1.00 bits per heavy atom. The van der Waals surface area contributed by atoms with Crippen molar-refractivity contribution in [3.63, 3.8) is 0 Å². The quantitative estimate of drug-likeness (QED) is 0.129. The van der Waals surface area contributed by atoms with Crippen LogP contribution in [0.25, 0.3) is 0 Å². The van der Waals surface area contributed by atoms with E-state index in [1.54, 1.807) is 87.0 Å². The van der Waals surface area contributed by atoms with Crippen LogP contribution in [0, 0.1) is 0 Å². The molecule has 256 valence electrons. The molecule has 4 aromatic rings. The lowest BCUT2D eigenvalue weighted by molar-refractivity contribution is 0.0919. The van der Waals surface area contributed by atoms with Crippen molar-refractivity contribution in [2.45, 2.75) is 12.8 Å². The van der Waals surface area contributed by atoms with Gasteiger partial charge in [0.25, 0.3) is 11.8 Å². The number of rotatable bonds is 10.